The molecule has 0 aromatic heterocycles. The summed E-state index contributed by atoms with van der Waals surface area (Å²) in [5, 5.41) is 10.1. The number of hydrogen-bond donors (Lipinski definition) is 1. The van der Waals surface area contributed by atoms with Crippen LogP contribution in [0.4, 0.5) is 0 Å². The van der Waals surface area contributed by atoms with Gasteiger partial charge >= 0.3 is 0 Å². The average Bonchev–Trinajstić information content (AvgIpc) is 2.39. The molecule has 0 radical (unpaired) electrons. The van der Waals surface area contributed by atoms with Gasteiger partial charge in [0.05, 0.1) is 12.7 Å². The van der Waals surface area contributed by atoms with Crippen molar-refractivity contribution < 1.29 is 9.84 Å². The Morgan fingerprint density at radius 2 is 2.05 bits per heavy atom. The first-order chi connectivity index (χ1) is 9.36. The standard InChI is InChI=1S/C18H28O2/c1-6-8-17(19)18(4,5)11-7-12-20-16-13-14(2)9-10-15(16)3/h6,9-10,13,17,19H,1,7-8,11-12H2,2-5H3. The molecular formula is C18H28O2. The second-order valence-electron chi connectivity index (χ2n) is 6.25. The van der Waals surface area contributed by atoms with Gasteiger partial charge in [-0.05, 0) is 55.7 Å². The molecule has 0 aliphatic carbocycles. The van der Waals surface area contributed by atoms with Crippen molar-refractivity contribution in [2.75, 3.05) is 6.61 Å². The Hall–Kier alpha value is -1.28. The van der Waals surface area contributed by atoms with E-state index in [-0.39, 0.29) is 11.5 Å². The third kappa shape index (κ3) is 5.01. The van der Waals surface area contributed by atoms with E-state index in [1.54, 1.807) is 6.08 Å². The van der Waals surface area contributed by atoms with E-state index >= 15 is 0 Å². The molecule has 2 nitrogen and oxygen atoms in total. The summed E-state index contributed by atoms with van der Waals surface area (Å²) in [6, 6.07) is 6.26. The Morgan fingerprint density at radius 3 is 2.70 bits per heavy atom. The van der Waals surface area contributed by atoms with Gasteiger partial charge in [-0.1, -0.05) is 32.1 Å². The van der Waals surface area contributed by atoms with E-state index in [9.17, 15) is 5.11 Å². The predicted octanol–water partition coefficient (Wildman–Crippen LogP) is 4.43. The fraction of sp³-hybridized carbons (Fsp3) is 0.556. The molecule has 0 aliphatic rings. The summed E-state index contributed by atoms with van der Waals surface area (Å²) in [4.78, 5) is 0. The number of benzene rings is 1. The molecule has 0 amide bonds. The molecule has 0 heterocycles. The minimum Gasteiger partial charge on any atom is -0.493 e. The van der Waals surface area contributed by atoms with Crippen molar-refractivity contribution in [2.45, 2.75) is 53.1 Å². The van der Waals surface area contributed by atoms with Gasteiger partial charge in [0.1, 0.15) is 5.75 Å². The zero-order valence-electron chi connectivity index (χ0n) is 13.3. The van der Waals surface area contributed by atoms with Crippen LogP contribution in [-0.4, -0.2) is 17.8 Å². The van der Waals surface area contributed by atoms with Crippen molar-refractivity contribution in [3.63, 3.8) is 0 Å². The number of aryl methyl sites for hydroxylation is 2. The van der Waals surface area contributed by atoms with E-state index in [1.807, 2.05) is 0 Å². The maximum Gasteiger partial charge on any atom is 0.122 e. The smallest absolute Gasteiger partial charge is 0.122 e. The highest BCUT2D eigenvalue weighted by Gasteiger charge is 2.26. The summed E-state index contributed by atoms with van der Waals surface area (Å²) >= 11 is 0. The van der Waals surface area contributed by atoms with Crippen LogP contribution in [0, 0.1) is 19.3 Å². The zero-order valence-corrected chi connectivity index (χ0v) is 13.3. The third-order valence-corrected chi connectivity index (χ3v) is 3.86. The van der Waals surface area contributed by atoms with Gasteiger partial charge in [0.25, 0.3) is 0 Å². The van der Waals surface area contributed by atoms with Crippen molar-refractivity contribution in [2.24, 2.45) is 5.41 Å². The number of aliphatic hydroxyl groups is 1. The lowest BCUT2D eigenvalue weighted by Gasteiger charge is -2.30. The molecule has 1 aromatic rings. The maximum absolute atomic E-state index is 10.1. The van der Waals surface area contributed by atoms with Gasteiger partial charge in [0.2, 0.25) is 0 Å². The van der Waals surface area contributed by atoms with Gasteiger partial charge in [0, 0.05) is 0 Å². The lowest BCUT2D eigenvalue weighted by molar-refractivity contribution is 0.0425. The van der Waals surface area contributed by atoms with E-state index in [1.165, 1.54) is 11.1 Å². The Balaban J connectivity index is 2.41. The predicted molar refractivity (Wildman–Crippen MR) is 85.2 cm³/mol. The Labute approximate surface area is 123 Å². The van der Waals surface area contributed by atoms with Crippen LogP contribution in [0.3, 0.4) is 0 Å². The molecule has 1 N–H and O–H groups in total. The second-order valence-corrected chi connectivity index (χ2v) is 6.25. The number of ether oxygens (including phenoxy) is 1. The van der Waals surface area contributed by atoms with Crippen molar-refractivity contribution in [1.29, 1.82) is 0 Å². The first-order valence-corrected chi connectivity index (χ1v) is 7.36. The van der Waals surface area contributed by atoms with E-state index in [0.717, 1.165) is 18.6 Å². The van der Waals surface area contributed by atoms with Crippen LogP contribution in [0.25, 0.3) is 0 Å². The molecule has 0 spiro atoms. The molecule has 0 saturated heterocycles. The number of aliphatic hydroxyl groups excluding tert-OH is 1. The van der Waals surface area contributed by atoms with Crippen LogP contribution < -0.4 is 4.74 Å². The molecule has 112 valence electrons. The Morgan fingerprint density at radius 1 is 1.35 bits per heavy atom. The van der Waals surface area contributed by atoms with Gasteiger partial charge < -0.3 is 9.84 Å². The topological polar surface area (TPSA) is 29.5 Å². The van der Waals surface area contributed by atoms with Gasteiger partial charge in [0.15, 0.2) is 0 Å². The average molecular weight is 276 g/mol. The molecule has 0 bridgehead atoms. The largest absolute Gasteiger partial charge is 0.493 e. The first-order valence-electron chi connectivity index (χ1n) is 7.36. The van der Waals surface area contributed by atoms with Gasteiger partial charge in [-0.25, -0.2) is 0 Å². The van der Waals surface area contributed by atoms with Gasteiger partial charge in [-0.15, -0.1) is 6.58 Å². The SMILES string of the molecule is C=CCC(O)C(C)(C)CCCOc1cc(C)ccc1C. The molecule has 20 heavy (non-hydrogen) atoms. The molecule has 0 fully saturated rings. The quantitative estimate of drug-likeness (QED) is 0.562. The van der Waals surface area contributed by atoms with Crippen molar-refractivity contribution >= 4 is 0 Å². The molecule has 1 unspecified atom stereocenters. The summed E-state index contributed by atoms with van der Waals surface area (Å²) in [5.74, 6) is 0.967. The molecule has 0 aliphatic heterocycles. The van der Waals surface area contributed by atoms with Crippen LogP contribution in [0.15, 0.2) is 30.9 Å². The van der Waals surface area contributed by atoms with Gasteiger partial charge in [-0.3, -0.25) is 0 Å². The van der Waals surface area contributed by atoms with Crippen LogP contribution >= 0.6 is 0 Å². The van der Waals surface area contributed by atoms with Crippen LogP contribution in [0.5, 0.6) is 5.75 Å². The zero-order chi connectivity index (χ0) is 15.2. The fourth-order valence-electron chi connectivity index (χ4n) is 2.22. The first kappa shape index (κ1) is 16.8. The third-order valence-electron chi connectivity index (χ3n) is 3.86. The second kappa shape index (κ2) is 7.49. The number of hydrogen-bond acceptors (Lipinski definition) is 2. The van der Waals surface area contributed by atoms with Crippen LogP contribution in [0.2, 0.25) is 0 Å². The van der Waals surface area contributed by atoms with E-state index in [2.05, 4.69) is 52.5 Å². The molecule has 1 rings (SSSR count). The summed E-state index contributed by atoms with van der Waals surface area (Å²) in [5.41, 5.74) is 2.29. The van der Waals surface area contributed by atoms with Gasteiger partial charge in [-0.2, -0.15) is 0 Å². The molecule has 1 aromatic carbocycles. The lowest BCUT2D eigenvalue weighted by atomic mass is 9.80. The Bertz CT molecular complexity index is 435. The van der Waals surface area contributed by atoms with Crippen molar-refractivity contribution in [3.05, 3.63) is 42.0 Å². The normalized spacial score (nSPS) is 13.1. The summed E-state index contributed by atoms with van der Waals surface area (Å²) in [7, 11) is 0. The monoisotopic (exact) mass is 276 g/mol. The summed E-state index contributed by atoms with van der Waals surface area (Å²) in [6.45, 7) is 12.7. The summed E-state index contributed by atoms with van der Waals surface area (Å²) in [6.07, 6.45) is 3.96. The molecule has 1 atom stereocenters. The molecule has 2 heteroatoms. The fourth-order valence-corrected chi connectivity index (χ4v) is 2.22. The molecule has 0 saturated carbocycles. The highest BCUT2D eigenvalue weighted by molar-refractivity contribution is 5.35. The van der Waals surface area contributed by atoms with E-state index in [4.69, 9.17) is 4.74 Å². The van der Waals surface area contributed by atoms with Crippen LogP contribution in [-0.2, 0) is 0 Å². The molecular weight excluding hydrogens is 248 g/mol. The minimum absolute atomic E-state index is 0.0980. The van der Waals surface area contributed by atoms with Crippen molar-refractivity contribution in [1.82, 2.24) is 0 Å². The summed E-state index contributed by atoms with van der Waals surface area (Å²) < 4.78 is 5.85. The highest BCUT2D eigenvalue weighted by Crippen LogP contribution is 2.29. The minimum atomic E-state index is -0.333. The Kier molecular flexibility index (Phi) is 6.28. The van der Waals surface area contributed by atoms with Crippen molar-refractivity contribution in [3.8, 4) is 5.75 Å². The van der Waals surface area contributed by atoms with Crippen LogP contribution in [0.1, 0.15) is 44.2 Å². The van der Waals surface area contributed by atoms with E-state index in [0.29, 0.717) is 13.0 Å². The van der Waals surface area contributed by atoms with E-state index < -0.39 is 0 Å². The maximum atomic E-state index is 10.1. The highest BCUT2D eigenvalue weighted by atomic mass is 16.5. The number of rotatable bonds is 8. The lowest BCUT2D eigenvalue weighted by Crippen LogP contribution is -2.29.